The first-order valence-electron chi connectivity index (χ1n) is 9.45. The van der Waals surface area contributed by atoms with Gasteiger partial charge in [0.2, 0.25) is 5.95 Å². The van der Waals surface area contributed by atoms with E-state index in [4.69, 9.17) is 0 Å². The van der Waals surface area contributed by atoms with Crippen LogP contribution in [0.1, 0.15) is 18.4 Å². The molecule has 6 heteroatoms. The number of hydrogen-bond donors (Lipinski definition) is 0. The summed E-state index contributed by atoms with van der Waals surface area (Å²) in [6, 6.07) is 0. The molecule has 0 atom stereocenters. The number of likely N-dealkylation sites (N-methyl/N-ethyl adjacent to an activating group) is 1. The Kier molecular flexibility index (Phi) is 4.96. The maximum atomic E-state index is 4.61. The third-order valence-corrected chi connectivity index (χ3v) is 5.56. The number of hydrogen-bond acceptors (Lipinski definition) is 6. The lowest BCUT2D eigenvalue weighted by molar-refractivity contribution is 0.123. The Morgan fingerprint density at radius 2 is 1.50 bits per heavy atom. The molecule has 0 bridgehead atoms. The molecule has 2 aliphatic heterocycles. The van der Waals surface area contributed by atoms with Gasteiger partial charge < -0.3 is 14.7 Å². The van der Waals surface area contributed by atoms with Gasteiger partial charge in [0.05, 0.1) is 0 Å². The first-order chi connectivity index (χ1) is 11.8. The van der Waals surface area contributed by atoms with Gasteiger partial charge >= 0.3 is 0 Å². The van der Waals surface area contributed by atoms with E-state index >= 15 is 0 Å². The van der Waals surface area contributed by atoms with Crippen LogP contribution in [0, 0.1) is 5.92 Å². The first-order valence-corrected chi connectivity index (χ1v) is 9.45. The molecular formula is C18H30N6. The van der Waals surface area contributed by atoms with E-state index in [0.29, 0.717) is 0 Å². The molecule has 0 unspecified atom stereocenters. The molecule has 1 aromatic heterocycles. The first kappa shape index (κ1) is 16.2. The van der Waals surface area contributed by atoms with E-state index in [0.717, 1.165) is 44.6 Å². The van der Waals surface area contributed by atoms with Crippen molar-refractivity contribution in [2.24, 2.45) is 5.92 Å². The van der Waals surface area contributed by atoms with E-state index in [1.807, 2.05) is 12.4 Å². The fourth-order valence-electron chi connectivity index (χ4n) is 3.65. The van der Waals surface area contributed by atoms with Crippen molar-refractivity contribution >= 4 is 5.95 Å². The maximum absolute atomic E-state index is 4.61. The van der Waals surface area contributed by atoms with Crippen LogP contribution in [0.25, 0.3) is 0 Å². The van der Waals surface area contributed by atoms with Crippen molar-refractivity contribution in [2.45, 2.75) is 19.4 Å². The van der Waals surface area contributed by atoms with Crippen molar-refractivity contribution in [1.29, 1.82) is 0 Å². The van der Waals surface area contributed by atoms with E-state index in [2.05, 4.69) is 36.6 Å². The van der Waals surface area contributed by atoms with E-state index in [1.54, 1.807) is 0 Å². The molecule has 3 fully saturated rings. The highest BCUT2D eigenvalue weighted by atomic mass is 15.3. The Morgan fingerprint density at radius 1 is 0.875 bits per heavy atom. The molecule has 1 aromatic rings. The summed E-state index contributed by atoms with van der Waals surface area (Å²) in [7, 11) is 2.17. The lowest BCUT2D eigenvalue weighted by Gasteiger charge is -2.35. The number of piperazine rings is 2. The quantitative estimate of drug-likeness (QED) is 0.794. The van der Waals surface area contributed by atoms with Crippen molar-refractivity contribution in [3.8, 4) is 0 Å². The largest absolute Gasteiger partial charge is 0.338 e. The summed E-state index contributed by atoms with van der Waals surface area (Å²) in [5.41, 5.74) is 1.24. The molecule has 132 valence electrons. The second-order valence-corrected chi connectivity index (χ2v) is 7.70. The zero-order valence-electron chi connectivity index (χ0n) is 14.9. The molecular weight excluding hydrogens is 300 g/mol. The predicted molar refractivity (Wildman–Crippen MR) is 96.2 cm³/mol. The van der Waals surface area contributed by atoms with Crippen LogP contribution in [0.15, 0.2) is 12.4 Å². The maximum Gasteiger partial charge on any atom is 0.225 e. The van der Waals surface area contributed by atoms with E-state index in [-0.39, 0.29) is 0 Å². The molecule has 24 heavy (non-hydrogen) atoms. The van der Waals surface area contributed by atoms with Crippen LogP contribution < -0.4 is 4.90 Å². The van der Waals surface area contributed by atoms with Gasteiger partial charge in [-0.1, -0.05) is 0 Å². The number of nitrogens with zero attached hydrogens (tertiary/aromatic N) is 6. The average Bonchev–Trinajstić information content (AvgIpc) is 3.42. The van der Waals surface area contributed by atoms with Gasteiger partial charge in [0.15, 0.2) is 0 Å². The van der Waals surface area contributed by atoms with Crippen molar-refractivity contribution in [3.05, 3.63) is 18.0 Å². The van der Waals surface area contributed by atoms with E-state index in [9.17, 15) is 0 Å². The summed E-state index contributed by atoms with van der Waals surface area (Å²) in [4.78, 5) is 19.1. The summed E-state index contributed by atoms with van der Waals surface area (Å²) >= 11 is 0. The van der Waals surface area contributed by atoms with Gasteiger partial charge in [-0.3, -0.25) is 4.90 Å². The Bertz CT molecular complexity index is 513. The molecule has 0 radical (unpaired) electrons. The van der Waals surface area contributed by atoms with Crippen LogP contribution in [0.2, 0.25) is 0 Å². The monoisotopic (exact) mass is 330 g/mol. The fraction of sp³-hybridized carbons (Fsp3) is 0.778. The molecule has 1 aliphatic carbocycles. The predicted octanol–water partition coefficient (Wildman–Crippen LogP) is 0.756. The number of rotatable bonds is 5. The molecule has 2 saturated heterocycles. The van der Waals surface area contributed by atoms with E-state index < -0.39 is 0 Å². The molecule has 6 nitrogen and oxygen atoms in total. The number of aromatic nitrogens is 2. The smallest absolute Gasteiger partial charge is 0.225 e. The van der Waals surface area contributed by atoms with Crippen molar-refractivity contribution in [3.63, 3.8) is 0 Å². The zero-order valence-corrected chi connectivity index (χ0v) is 14.9. The Morgan fingerprint density at radius 3 is 2.12 bits per heavy atom. The Hall–Kier alpha value is -1.24. The molecule has 0 spiro atoms. The minimum absolute atomic E-state index is 0.890. The highest BCUT2D eigenvalue weighted by Crippen LogP contribution is 2.30. The van der Waals surface area contributed by atoms with Crippen LogP contribution in [-0.2, 0) is 6.54 Å². The average molecular weight is 330 g/mol. The van der Waals surface area contributed by atoms with Crippen molar-refractivity contribution < 1.29 is 0 Å². The Balaban J connectivity index is 1.25. The molecule has 0 N–H and O–H groups in total. The summed E-state index contributed by atoms with van der Waals surface area (Å²) in [6.45, 7) is 11.3. The van der Waals surface area contributed by atoms with Crippen LogP contribution in [0.3, 0.4) is 0 Å². The molecule has 3 aliphatic rings. The number of anilines is 1. The van der Waals surface area contributed by atoms with Crippen molar-refractivity contribution in [2.75, 3.05) is 70.9 Å². The molecule has 3 heterocycles. The standard InChI is InChI=1S/C18H30N6/c1-21-4-10-24(11-5-21)18-19-12-17(13-20-18)15-23-8-6-22(7-9-23)14-16-2-3-16/h12-13,16H,2-11,14-15H2,1H3. The molecule has 0 amide bonds. The van der Waals surface area contributed by atoms with E-state index in [1.165, 1.54) is 51.1 Å². The summed E-state index contributed by atoms with van der Waals surface area (Å²) in [6.07, 6.45) is 6.96. The second kappa shape index (κ2) is 7.33. The van der Waals surface area contributed by atoms with Crippen LogP contribution in [0.5, 0.6) is 0 Å². The molecule has 1 saturated carbocycles. The SMILES string of the molecule is CN1CCN(c2ncc(CN3CCN(CC4CC4)CC3)cn2)CC1. The summed E-state index contributed by atoms with van der Waals surface area (Å²) in [5, 5.41) is 0. The second-order valence-electron chi connectivity index (χ2n) is 7.70. The van der Waals surface area contributed by atoms with Crippen molar-refractivity contribution in [1.82, 2.24) is 24.7 Å². The third-order valence-electron chi connectivity index (χ3n) is 5.56. The summed E-state index contributed by atoms with van der Waals surface area (Å²) < 4.78 is 0. The minimum atomic E-state index is 0.890. The molecule has 4 rings (SSSR count). The van der Waals surface area contributed by atoms with Crippen LogP contribution in [-0.4, -0.2) is 90.6 Å². The normalized spacial score (nSPS) is 24.5. The van der Waals surface area contributed by atoms with Gasteiger partial charge in [-0.15, -0.1) is 0 Å². The third kappa shape index (κ3) is 4.23. The minimum Gasteiger partial charge on any atom is -0.338 e. The highest BCUT2D eigenvalue weighted by molar-refractivity contribution is 5.30. The van der Waals surface area contributed by atoms with Crippen LogP contribution in [0.4, 0.5) is 5.95 Å². The van der Waals surface area contributed by atoms with Gasteiger partial charge in [-0.25, -0.2) is 9.97 Å². The zero-order chi connectivity index (χ0) is 16.4. The van der Waals surface area contributed by atoms with Gasteiger partial charge in [0, 0.05) is 83.4 Å². The van der Waals surface area contributed by atoms with Gasteiger partial charge in [0.25, 0.3) is 0 Å². The van der Waals surface area contributed by atoms with Gasteiger partial charge in [0.1, 0.15) is 0 Å². The van der Waals surface area contributed by atoms with Gasteiger partial charge in [-0.05, 0) is 25.8 Å². The topological polar surface area (TPSA) is 38.7 Å². The van der Waals surface area contributed by atoms with Crippen LogP contribution >= 0.6 is 0 Å². The lowest BCUT2D eigenvalue weighted by Crippen LogP contribution is -2.46. The lowest BCUT2D eigenvalue weighted by atomic mass is 10.2. The van der Waals surface area contributed by atoms with Gasteiger partial charge in [-0.2, -0.15) is 0 Å². The molecule has 0 aromatic carbocycles. The fourth-order valence-corrected chi connectivity index (χ4v) is 3.65. The summed E-state index contributed by atoms with van der Waals surface area (Å²) in [5.74, 6) is 1.90. The Labute approximate surface area is 145 Å². The highest BCUT2D eigenvalue weighted by Gasteiger charge is 2.26.